The smallest absolute Gasteiger partial charge is 0.227 e. The molecule has 1 N–H and O–H groups in total. The molecular formula is C17H21NO3. The Balaban J connectivity index is 1.97. The first-order chi connectivity index (χ1) is 10.3. The van der Waals surface area contributed by atoms with Crippen molar-refractivity contribution in [1.29, 1.82) is 0 Å². The topological polar surface area (TPSA) is 51.5 Å². The van der Waals surface area contributed by atoms with Crippen LogP contribution >= 0.6 is 0 Å². The number of hydrogen-bond donors (Lipinski definition) is 1. The number of carbonyl (C=O) groups excluding carboxylic acids is 1. The molecule has 1 heterocycles. The molecule has 1 aromatic carbocycles. The normalized spacial score (nSPS) is 13.6. The molecule has 0 spiro atoms. The van der Waals surface area contributed by atoms with Gasteiger partial charge in [0, 0.05) is 7.11 Å². The molecule has 0 unspecified atom stereocenters. The minimum atomic E-state index is -0.266. The van der Waals surface area contributed by atoms with Gasteiger partial charge in [0.1, 0.15) is 11.9 Å². The number of nitrogens with one attached hydrogen (secondary N) is 1. The van der Waals surface area contributed by atoms with Crippen LogP contribution in [0.2, 0.25) is 0 Å². The standard InChI is InChI=1S/C17H21NO3/c1-3-14(13-8-5-4-6-9-13)17(19)18-12-16(20-2)15-10-7-11-21-15/h4-11,14,16H,3,12H2,1-2H3,(H,18,19)/t14-,16+/m0/s1. The average Bonchev–Trinajstić information content (AvgIpc) is 3.04. The number of furan rings is 1. The van der Waals surface area contributed by atoms with Gasteiger partial charge < -0.3 is 14.5 Å². The molecule has 2 aromatic rings. The van der Waals surface area contributed by atoms with Gasteiger partial charge in [0.05, 0.1) is 18.7 Å². The lowest BCUT2D eigenvalue weighted by Crippen LogP contribution is -2.33. The van der Waals surface area contributed by atoms with E-state index in [1.54, 1.807) is 13.4 Å². The van der Waals surface area contributed by atoms with Crippen molar-refractivity contribution in [3.8, 4) is 0 Å². The number of ether oxygens (including phenoxy) is 1. The van der Waals surface area contributed by atoms with Crippen LogP contribution in [0.1, 0.15) is 36.7 Å². The fourth-order valence-corrected chi connectivity index (χ4v) is 2.35. The first-order valence-corrected chi connectivity index (χ1v) is 7.15. The van der Waals surface area contributed by atoms with E-state index in [9.17, 15) is 4.79 Å². The summed E-state index contributed by atoms with van der Waals surface area (Å²) in [7, 11) is 1.61. The summed E-state index contributed by atoms with van der Waals surface area (Å²) in [6.07, 6.45) is 2.09. The largest absolute Gasteiger partial charge is 0.467 e. The minimum Gasteiger partial charge on any atom is -0.467 e. The molecule has 112 valence electrons. The molecule has 0 aliphatic heterocycles. The van der Waals surface area contributed by atoms with Crippen LogP contribution in [-0.2, 0) is 9.53 Å². The van der Waals surface area contributed by atoms with Gasteiger partial charge in [-0.15, -0.1) is 0 Å². The molecule has 2 rings (SSSR count). The van der Waals surface area contributed by atoms with Crippen LogP contribution in [-0.4, -0.2) is 19.6 Å². The van der Waals surface area contributed by atoms with Gasteiger partial charge in [-0.3, -0.25) is 4.79 Å². The van der Waals surface area contributed by atoms with E-state index in [0.29, 0.717) is 12.3 Å². The summed E-state index contributed by atoms with van der Waals surface area (Å²) in [6.45, 7) is 2.41. The number of benzene rings is 1. The number of rotatable bonds is 7. The third-order valence-corrected chi connectivity index (χ3v) is 3.53. The highest BCUT2D eigenvalue weighted by Gasteiger charge is 2.20. The van der Waals surface area contributed by atoms with Crippen molar-refractivity contribution in [1.82, 2.24) is 5.32 Å². The Labute approximate surface area is 125 Å². The van der Waals surface area contributed by atoms with E-state index in [2.05, 4.69) is 5.32 Å². The summed E-state index contributed by atoms with van der Waals surface area (Å²) in [6, 6.07) is 13.5. The van der Waals surface area contributed by atoms with Gasteiger partial charge in [-0.05, 0) is 24.1 Å². The van der Waals surface area contributed by atoms with Gasteiger partial charge in [-0.25, -0.2) is 0 Å². The molecular weight excluding hydrogens is 266 g/mol. The molecule has 0 radical (unpaired) electrons. The Morgan fingerprint density at radius 3 is 2.57 bits per heavy atom. The highest BCUT2D eigenvalue weighted by atomic mass is 16.5. The molecule has 0 fully saturated rings. The van der Waals surface area contributed by atoms with Crippen molar-refractivity contribution in [3.63, 3.8) is 0 Å². The molecule has 2 atom stereocenters. The van der Waals surface area contributed by atoms with E-state index in [0.717, 1.165) is 12.0 Å². The van der Waals surface area contributed by atoms with Gasteiger partial charge >= 0.3 is 0 Å². The summed E-state index contributed by atoms with van der Waals surface area (Å²) >= 11 is 0. The zero-order valence-electron chi connectivity index (χ0n) is 12.4. The molecule has 0 aliphatic carbocycles. The quantitative estimate of drug-likeness (QED) is 0.850. The number of hydrogen-bond acceptors (Lipinski definition) is 3. The number of carbonyl (C=O) groups is 1. The molecule has 1 amide bonds. The van der Waals surface area contributed by atoms with Crippen molar-refractivity contribution in [2.45, 2.75) is 25.4 Å². The molecule has 0 saturated heterocycles. The lowest BCUT2D eigenvalue weighted by Gasteiger charge is -2.18. The van der Waals surface area contributed by atoms with E-state index in [1.165, 1.54) is 0 Å². The molecule has 4 nitrogen and oxygen atoms in total. The van der Waals surface area contributed by atoms with Crippen LogP contribution in [0, 0.1) is 0 Å². The van der Waals surface area contributed by atoms with Crippen molar-refractivity contribution in [2.75, 3.05) is 13.7 Å². The predicted molar refractivity (Wildman–Crippen MR) is 80.9 cm³/mol. The second-order valence-corrected chi connectivity index (χ2v) is 4.86. The number of methoxy groups -OCH3 is 1. The third-order valence-electron chi connectivity index (χ3n) is 3.53. The fraction of sp³-hybridized carbons (Fsp3) is 0.353. The van der Waals surface area contributed by atoms with E-state index in [1.807, 2.05) is 49.4 Å². The fourth-order valence-electron chi connectivity index (χ4n) is 2.35. The first kappa shape index (κ1) is 15.3. The van der Waals surface area contributed by atoms with E-state index < -0.39 is 0 Å². The maximum Gasteiger partial charge on any atom is 0.227 e. The summed E-state index contributed by atoms with van der Waals surface area (Å²) in [5.41, 5.74) is 1.03. The van der Waals surface area contributed by atoms with Gasteiger partial charge in [0.15, 0.2) is 0 Å². The Hall–Kier alpha value is -2.07. The van der Waals surface area contributed by atoms with Gasteiger partial charge in [-0.2, -0.15) is 0 Å². The Bertz CT molecular complexity index is 536. The van der Waals surface area contributed by atoms with Crippen molar-refractivity contribution >= 4 is 5.91 Å². The highest BCUT2D eigenvalue weighted by molar-refractivity contribution is 5.83. The summed E-state index contributed by atoms with van der Waals surface area (Å²) in [5, 5.41) is 2.95. The van der Waals surface area contributed by atoms with Crippen LogP contribution in [0.4, 0.5) is 0 Å². The van der Waals surface area contributed by atoms with Crippen LogP contribution in [0.25, 0.3) is 0 Å². The Morgan fingerprint density at radius 1 is 1.24 bits per heavy atom. The minimum absolute atomic E-state index is 0.0114. The maximum absolute atomic E-state index is 12.4. The lowest BCUT2D eigenvalue weighted by atomic mass is 9.95. The van der Waals surface area contributed by atoms with Gasteiger partial charge in [-0.1, -0.05) is 37.3 Å². The zero-order chi connectivity index (χ0) is 15.1. The maximum atomic E-state index is 12.4. The third kappa shape index (κ3) is 3.95. The molecule has 21 heavy (non-hydrogen) atoms. The van der Waals surface area contributed by atoms with E-state index in [4.69, 9.17) is 9.15 Å². The lowest BCUT2D eigenvalue weighted by molar-refractivity contribution is -0.123. The molecule has 0 bridgehead atoms. The average molecular weight is 287 g/mol. The second-order valence-electron chi connectivity index (χ2n) is 4.86. The van der Waals surface area contributed by atoms with Crippen LogP contribution in [0.3, 0.4) is 0 Å². The van der Waals surface area contributed by atoms with Crippen LogP contribution in [0.5, 0.6) is 0 Å². The molecule has 0 saturated carbocycles. The highest BCUT2D eigenvalue weighted by Crippen LogP contribution is 2.20. The van der Waals surface area contributed by atoms with E-state index in [-0.39, 0.29) is 17.9 Å². The van der Waals surface area contributed by atoms with Gasteiger partial charge in [0.2, 0.25) is 5.91 Å². The first-order valence-electron chi connectivity index (χ1n) is 7.15. The van der Waals surface area contributed by atoms with Crippen molar-refractivity contribution in [2.24, 2.45) is 0 Å². The van der Waals surface area contributed by atoms with Crippen molar-refractivity contribution < 1.29 is 13.9 Å². The van der Waals surface area contributed by atoms with Crippen molar-refractivity contribution in [3.05, 3.63) is 60.1 Å². The second kappa shape index (κ2) is 7.64. The van der Waals surface area contributed by atoms with E-state index >= 15 is 0 Å². The number of amides is 1. The van der Waals surface area contributed by atoms with Gasteiger partial charge in [0.25, 0.3) is 0 Å². The molecule has 0 aliphatic rings. The summed E-state index contributed by atoms with van der Waals surface area (Å²) in [5.74, 6) is 0.586. The zero-order valence-corrected chi connectivity index (χ0v) is 12.4. The Kier molecular flexibility index (Phi) is 5.58. The predicted octanol–water partition coefficient (Wildman–Crippen LogP) is 3.28. The molecule has 4 heteroatoms. The summed E-state index contributed by atoms with van der Waals surface area (Å²) in [4.78, 5) is 12.4. The van der Waals surface area contributed by atoms with Crippen LogP contribution < -0.4 is 5.32 Å². The monoisotopic (exact) mass is 287 g/mol. The summed E-state index contributed by atoms with van der Waals surface area (Å²) < 4.78 is 10.7. The Morgan fingerprint density at radius 2 is 2.00 bits per heavy atom. The molecule has 1 aromatic heterocycles. The van der Waals surface area contributed by atoms with Crippen LogP contribution in [0.15, 0.2) is 53.1 Å². The SMILES string of the molecule is CC[C@H](C(=O)NC[C@@H](OC)c1ccco1)c1ccccc1.